The fourth-order valence-electron chi connectivity index (χ4n) is 2.78. The molecule has 0 radical (unpaired) electrons. The fraction of sp³-hybridized carbons (Fsp3) is 0.562. The average molecular weight is 276 g/mol. The lowest BCUT2D eigenvalue weighted by Crippen LogP contribution is -2.40. The highest BCUT2D eigenvalue weighted by molar-refractivity contribution is 5.97. The molecule has 4 nitrogen and oxygen atoms in total. The van der Waals surface area contributed by atoms with Gasteiger partial charge in [-0.2, -0.15) is 0 Å². The number of carbonyl (C=O) groups is 1. The van der Waals surface area contributed by atoms with E-state index in [1.54, 1.807) is 0 Å². The van der Waals surface area contributed by atoms with E-state index in [2.05, 4.69) is 9.80 Å². The zero-order valence-electron chi connectivity index (χ0n) is 12.5. The Kier molecular flexibility index (Phi) is 4.91. The van der Waals surface area contributed by atoms with E-state index in [9.17, 15) is 9.90 Å². The van der Waals surface area contributed by atoms with E-state index in [1.165, 1.54) is 0 Å². The number of nitrogens with zero attached hydrogens (tertiary/aromatic N) is 2. The summed E-state index contributed by atoms with van der Waals surface area (Å²) in [6, 6.07) is 7.94. The maximum absolute atomic E-state index is 12.3. The quantitative estimate of drug-likeness (QED) is 0.820. The number of likely N-dealkylation sites (N-methyl/N-ethyl adjacent to an activating group) is 1. The first-order valence-corrected chi connectivity index (χ1v) is 7.12. The normalized spacial score (nSPS) is 23.4. The second-order valence-corrected chi connectivity index (χ2v) is 6.02. The topological polar surface area (TPSA) is 43.8 Å². The van der Waals surface area contributed by atoms with Crippen LogP contribution in [0.15, 0.2) is 24.3 Å². The van der Waals surface area contributed by atoms with Gasteiger partial charge in [-0.3, -0.25) is 9.69 Å². The number of likely N-dealkylation sites (tertiary alicyclic amines) is 1. The molecule has 1 aromatic rings. The average Bonchev–Trinajstić information content (AvgIpc) is 2.69. The number of carbonyl (C=O) groups excluding carboxylic acids is 1. The van der Waals surface area contributed by atoms with Crippen LogP contribution < -0.4 is 0 Å². The minimum Gasteiger partial charge on any atom is -0.392 e. The molecular formula is C16H24N2O2. The summed E-state index contributed by atoms with van der Waals surface area (Å²) in [6.07, 6.45) is 0.435. The SMILES string of the molecule is Cc1ccc(C(=O)CN2CC(O)CC2CN(C)C)cc1. The molecule has 0 bridgehead atoms. The number of β-amino-alcohol motifs (C(OH)–C–C–N with tert-alkyl or cyclic N) is 1. The molecule has 110 valence electrons. The van der Waals surface area contributed by atoms with Crippen molar-refractivity contribution in [3.8, 4) is 0 Å². The van der Waals surface area contributed by atoms with Crippen molar-refractivity contribution < 1.29 is 9.90 Å². The van der Waals surface area contributed by atoms with Crippen molar-refractivity contribution in [3.05, 3.63) is 35.4 Å². The Morgan fingerprint density at radius 2 is 2.00 bits per heavy atom. The highest BCUT2D eigenvalue weighted by Gasteiger charge is 2.32. The van der Waals surface area contributed by atoms with Gasteiger partial charge in [0.1, 0.15) is 0 Å². The molecule has 0 spiro atoms. The summed E-state index contributed by atoms with van der Waals surface area (Å²) in [5, 5.41) is 9.83. The lowest BCUT2D eigenvalue weighted by Gasteiger charge is -2.26. The van der Waals surface area contributed by atoms with Gasteiger partial charge in [-0.05, 0) is 27.4 Å². The lowest BCUT2D eigenvalue weighted by molar-refractivity contribution is 0.0902. The van der Waals surface area contributed by atoms with Gasteiger partial charge in [0.25, 0.3) is 0 Å². The van der Waals surface area contributed by atoms with Crippen molar-refractivity contribution in [2.24, 2.45) is 0 Å². The van der Waals surface area contributed by atoms with Gasteiger partial charge in [0.2, 0.25) is 0 Å². The number of benzene rings is 1. The minimum absolute atomic E-state index is 0.128. The molecule has 0 aliphatic carbocycles. The van der Waals surface area contributed by atoms with Crippen LogP contribution in [0.2, 0.25) is 0 Å². The number of rotatable bonds is 5. The van der Waals surface area contributed by atoms with E-state index in [-0.39, 0.29) is 17.9 Å². The van der Waals surface area contributed by atoms with E-state index < -0.39 is 0 Å². The third-order valence-electron chi connectivity index (χ3n) is 3.80. The Morgan fingerprint density at radius 3 is 2.60 bits per heavy atom. The summed E-state index contributed by atoms with van der Waals surface area (Å²) in [7, 11) is 4.04. The van der Waals surface area contributed by atoms with Crippen molar-refractivity contribution >= 4 is 5.78 Å². The Bertz CT molecular complexity index is 456. The van der Waals surface area contributed by atoms with Crippen molar-refractivity contribution in [1.29, 1.82) is 0 Å². The molecule has 2 unspecified atom stereocenters. The first kappa shape index (κ1) is 15.2. The summed E-state index contributed by atoms with van der Waals surface area (Å²) >= 11 is 0. The fourth-order valence-corrected chi connectivity index (χ4v) is 2.78. The van der Waals surface area contributed by atoms with Crippen LogP contribution in [-0.2, 0) is 0 Å². The molecule has 0 saturated carbocycles. The van der Waals surface area contributed by atoms with Gasteiger partial charge in [-0.1, -0.05) is 29.8 Å². The second-order valence-electron chi connectivity index (χ2n) is 6.02. The molecule has 1 N–H and O–H groups in total. The molecule has 1 heterocycles. The van der Waals surface area contributed by atoms with Crippen molar-refractivity contribution in [1.82, 2.24) is 9.80 Å². The zero-order chi connectivity index (χ0) is 14.7. The van der Waals surface area contributed by atoms with Gasteiger partial charge in [-0.15, -0.1) is 0 Å². The van der Waals surface area contributed by atoms with Gasteiger partial charge in [0, 0.05) is 24.7 Å². The lowest BCUT2D eigenvalue weighted by atomic mass is 10.1. The monoisotopic (exact) mass is 276 g/mol. The molecule has 1 saturated heterocycles. The number of aryl methyl sites for hydroxylation is 1. The predicted octanol–water partition coefficient (Wildman–Crippen LogP) is 1.17. The first-order chi connectivity index (χ1) is 9.45. The molecule has 1 fully saturated rings. The van der Waals surface area contributed by atoms with Gasteiger partial charge < -0.3 is 10.0 Å². The van der Waals surface area contributed by atoms with Crippen LogP contribution in [-0.4, -0.2) is 66.6 Å². The maximum Gasteiger partial charge on any atom is 0.176 e. The Morgan fingerprint density at radius 1 is 1.35 bits per heavy atom. The number of aliphatic hydroxyl groups is 1. The number of Topliss-reactive ketones (excluding diaryl/α,β-unsaturated/α-hetero) is 1. The standard InChI is InChI=1S/C16H24N2O2/c1-12-4-6-13(7-5-12)16(20)11-18-10-15(19)8-14(18)9-17(2)3/h4-7,14-15,19H,8-11H2,1-3H3. The third-order valence-corrected chi connectivity index (χ3v) is 3.80. The molecule has 1 aliphatic heterocycles. The van der Waals surface area contributed by atoms with Crippen LogP contribution >= 0.6 is 0 Å². The molecule has 0 aromatic heterocycles. The largest absolute Gasteiger partial charge is 0.392 e. The molecular weight excluding hydrogens is 252 g/mol. The van der Waals surface area contributed by atoms with Gasteiger partial charge >= 0.3 is 0 Å². The van der Waals surface area contributed by atoms with Crippen molar-refractivity contribution in [2.45, 2.75) is 25.5 Å². The minimum atomic E-state index is -0.314. The smallest absolute Gasteiger partial charge is 0.176 e. The molecule has 2 atom stereocenters. The summed E-state index contributed by atoms with van der Waals surface area (Å²) in [5.41, 5.74) is 1.91. The second kappa shape index (κ2) is 6.48. The molecule has 20 heavy (non-hydrogen) atoms. The zero-order valence-corrected chi connectivity index (χ0v) is 12.5. The van der Waals surface area contributed by atoms with Crippen LogP contribution in [0.3, 0.4) is 0 Å². The summed E-state index contributed by atoms with van der Waals surface area (Å²) in [4.78, 5) is 16.5. The van der Waals surface area contributed by atoms with E-state index >= 15 is 0 Å². The number of hydrogen-bond donors (Lipinski definition) is 1. The van der Waals surface area contributed by atoms with E-state index in [4.69, 9.17) is 0 Å². The molecule has 2 rings (SSSR count). The third kappa shape index (κ3) is 3.88. The number of ketones is 1. The van der Waals surface area contributed by atoms with Gasteiger partial charge in [-0.25, -0.2) is 0 Å². The van der Waals surface area contributed by atoms with Crippen LogP contribution in [0, 0.1) is 6.92 Å². The molecule has 4 heteroatoms. The van der Waals surface area contributed by atoms with Crippen LogP contribution in [0.1, 0.15) is 22.3 Å². The number of aliphatic hydroxyl groups excluding tert-OH is 1. The first-order valence-electron chi connectivity index (χ1n) is 7.12. The van der Waals surface area contributed by atoms with E-state index in [0.717, 1.165) is 24.1 Å². The Hall–Kier alpha value is -1.23. The highest BCUT2D eigenvalue weighted by Crippen LogP contribution is 2.19. The Labute approximate surface area is 121 Å². The predicted molar refractivity (Wildman–Crippen MR) is 80.0 cm³/mol. The van der Waals surface area contributed by atoms with Crippen LogP contribution in [0.4, 0.5) is 0 Å². The van der Waals surface area contributed by atoms with Gasteiger partial charge in [0.05, 0.1) is 12.6 Å². The summed E-state index contributed by atoms with van der Waals surface area (Å²) in [5.74, 6) is 0.128. The van der Waals surface area contributed by atoms with Crippen LogP contribution in [0.25, 0.3) is 0 Å². The van der Waals surface area contributed by atoms with E-state index in [0.29, 0.717) is 13.1 Å². The Balaban J connectivity index is 2.00. The van der Waals surface area contributed by atoms with Crippen molar-refractivity contribution in [3.63, 3.8) is 0 Å². The molecule has 0 amide bonds. The summed E-state index contributed by atoms with van der Waals surface area (Å²) < 4.78 is 0. The molecule has 1 aromatic carbocycles. The summed E-state index contributed by atoms with van der Waals surface area (Å²) in [6.45, 7) is 3.87. The van der Waals surface area contributed by atoms with Gasteiger partial charge in [0.15, 0.2) is 5.78 Å². The van der Waals surface area contributed by atoms with Crippen LogP contribution in [0.5, 0.6) is 0 Å². The maximum atomic E-state index is 12.3. The number of hydrogen-bond acceptors (Lipinski definition) is 4. The van der Waals surface area contributed by atoms with E-state index in [1.807, 2.05) is 45.3 Å². The van der Waals surface area contributed by atoms with Crippen molar-refractivity contribution in [2.75, 3.05) is 33.7 Å². The molecule has 1 aliphatic rings. The highest BCUT2D eigenvalue weighted by atomic mass is 16.3.